The maximum absolute atomic E-state index is 11.8. The van der Waals surface area contributed by atoms with Gasteiger partial charge in [-0.25, -0.2) is 8.42 Å². The van der Waals surface area contributed by atoms with Crippen LogP contribution in [0.25, 0.3) is 22.4 Å². The molecule has 0 atom stereocenters. The van der Waals surface area contributed by atoms with Gasteiger partial charge in [-0.1, -0.05) is 17.7 Å². The average molecular weight is 345 g/mol. The highest BCUT2D eigenvalue weighted by Crippen LogP contribution is 2.33. The topological polar surface area (TPSA) is 59.9 Å². The lowest BCUT2D eigenvalue weighted by molar-refractivity contribution is 0.602. The van der Waals surface area contributed by atoms with Gasteiger partial charge < -0.3 is 0 Å². The molecule has 2 aromatic heterocycles. The SMILES string of the molecule is CS(=O)(=O)c1cc(Cl)cc(-c2cccnc2-c2ccncc2)c1. The fourth-order valence-electron chi connectivity index (χ4n) is 2.31. The molecule has 0 bridgehead atoms. The molecule has 116 valence electrons. The lowest BCUT2D eigenvalue weighted by Crippen LogP contribution is -1.98. The van der Waals surface area contributed by atoms with Gasteiger partial charge in [-0.15, -0.1) is 0 Å². The Morgan fingerprint density at radius 2 is 1.70 bits per heavy atom. The molecule has 4 nitrogen and oxygen atoms in total. The van der Waals surface area contributed by atoms with Gasteiger partial charge in [0.15, 0.2) is 9.84 Å². The molecule has 0 spiro atoms. The molecule has 0 amide bonds. The van der Waals surface area contributed by atoms with Crippen LogP contribution in [-0.2, 0) is 9.84 Å². The Morgan fingerprint density at radius 3 is 2.39 bits per heavy atom. The molecular formula is C17H13ClN2O2S. The highest BCUT2D eigenvalue weighted by Gasteiger charge is 2.14. The van der Waals surface area contributed by atoms with E-state index in [0.717, 1.165) is 23.1 Å². The lowest BCUT2D eigenvalue weighted by Gasteiger charge is -2.10. The zero-order chi connectivity index (χ0) is 16.4. The van der Waals surface area contributed by atoms with Gasteiger partial charge in [-0.3, -0.25) is 9.97 Å². The van der Waals surface area contributed by atoms with Crippen molar-refractivity contribution in [1.82, 2.24) is 9.97 Å². The number of hydrogen-bond donors (Lipinski definition) is 0. The second kappa shape index (κ2) is 6.10. The molecule has 0 aliphatic rings. The highest BCUT2D eigenvalue weighted by molar-refractivity contribution is 7.90. The van der Waals surface area contributed by atoms with Crippen LogP contribution < -0.4 is 0 Å². The van der Waals surface area contributed by atoms with Crippen LogP contribution in [0.1, 0.15) is 0 Å². The standard InChI is InChI=1S/C17H13ClN2O2S/c1-23(21,22)15-10-13(9-14(18)11-15)16-3-2-6-20-17(16)12-4-7-19-8-5-12/h2-11H,1H3. The quantitative estimate of drug-likeness (QED) is 0.723. The predicted molar refractivity (Wildman–Crippen MR) is 91.0 cm³/mol. The van der Waals surface area contributed by atoms with E-state index in [2.05, 4.69) is 9.97 Å². The molecule has 23 heavy (non-hydrogen) atoms. The van der Waals surface area contributed by atoms with Crippen LogP contribution in [0, 0.1) is 0 Å². The summed E-state index contributed by atoms with van der Waals surface area (Å²) in [7, 11) is -3.35. The summed E-state index contributed by atoms with van der Waals surface area (Å²) < 4.78 is 23.7. The number of aromatic nitrogens is 2. The van der Waals surface area contributed by atoms with Gasteiger partial charge in [-0.2, -0.15) is 0 Å². The minimum absolute atomic E-state index is 0.185. The second-order valence-electron chi connectivity index (χ2n) is 5.08. The first-order chi connectivity index (χ1) is 10.9. The molecule has 3 aromatic rings. The summed E-state index contributed by atoms with van der Waals surface area (Å²) in [5.41, 5.74) is 3.16. The van der Waals surface area contributed by atoms with Gasteiger partial charge in [0.05, 0.1) is 10.6 Å². The molecule has 0 saturated heterocycles. The normalized spacial score (nSPS) is 11.4. The van der Waals surface area contributed by atoms with Crippen LogP contribution in [0.3, 0.4) is 0 Å². The zero-order valence-corrected chi connectivity index (χ0v) is 13.8. The number of sulfone groups is 1. The fourth-order valence-corrected chi connectivity index (χ4v) is 3.29. The van der Waals surface area contributed by atoms with E-state index in [4.69, 9.17) is 11.6 Å². The Morgan fingerprint density at radius 1 is 0.957 bits per heavy atom. The number of hydrogen-bond acceptors (Lipinski definition) is 4. The van der Waals surface area contributed by atoms with Crippen molar-refractivity contribution < 1.29 is 8.42 Å². The van der Waals surface area contributed by atoms with Crippen molar-refractivity contribution in [3.05, 3.63) is 66.1 Å². The largest absolute Gasteiger partial charge is 0.265 e. The van der Waals surface area contributed by atoms with E-state index in [0.29, 0.717) is 10.6 Å². The Kier molecular flexibility index (Phi) is 4.15. The van der Waals surface area contributed by atoms with Crippen LogP contribution >= 0.6 is 11.6 Å². The van der Waals surface area contributed by atoms with Crippen molar-refractivity contribution in [2.24, 2.45) is 0 Å². The third-order valence-electron chi connectivity index (χ3n) is 3.37. The first-order valence-electron chi connectivity index (χ1n) is 6.81. The molecule has 0 unspecified atom stereocenters. The molecule has 0 fully saturated rings. The monoisotopic (exact) mass is 344 g/mol. The molecule has 0 radical (unpaired) electrons. The molecule has 0 aliphatic heterocycles. The first-order valence-corrected chi connectivity index (χ1v) is 9.08. The van der Waals surface area contributed by atoms with Gasteiger partial charge in [0.2, 0.25) is 0 Å². The van der Waals surface area contributed by atoms with Crippen LogP contribution in [0.4, 0.5) is 0 Å². The minimum Gasteiger partial charge on any atom is -0.265 e. The van der Waals surface area contributed by atoms with Crippen molar-refractivity contribution >= 4 is 21.4 Å². The molecule has 0 N–H and O–H groups in total. The van der Waals surface area contributed by atoms with Crippen molar-refractivity contribution in [3.63, 3.8) is 0 Å². The zero-order valence-electron chi connectivity index (χ0n) is 12.3. The van der Waals surface area contributed by atoms with Crippen LogP contribution in [-0.4, -0.2) is 24.6 Å². The van der Waals surface area contributed by atoms with Gasteiger partial charge >= 0.3 is 0 Å². The highest BCUT2D eigenvalue weighted by atomic mass is 35.5. The maximum Gasteiger partial charge on any atom is 0.175 e. The van der Waals surface area contributed by atoms with E-state index in [1.165, 1.54) is 6.07 Å². The third-order valence-corrected chi connectivity index (χ3v) is 4.68. The summed E-state index contributed by atoms with van der Waals surface area (Å²) in [6.45, 7) is 0. The van der Waals surface area contributed by atoms with E-state index in [-0.39, 0.29) is 4.90 Å². The van der Waals surface area contributed by atoms with Gasteiger partial charge in [0.1, 0.15) is 0 Å². The van der Waals surface area contributed by atoms with Crippen molar-refractivity contribution in [2.75, 3.05) is 6.26 Å². The number of rotatable bonds is 3. The summed E-state index contributed by atoms with van der Waals surface area (Å²) in [5.74, 6) is 0. The van der Waals surface area contributed by atoms with E-state index in [1.807, 2.05) is 18.2 Å². The van der Waals surface area contributed by atoms with Gasteiger partial charge in [-0.05, 0) is 42.0 Å². The number of nitrogens with zero attached hydrogens (tertiary/aromatic N) is 2. The van der Waals surface area contributed by atoms with E-state index in [1.54, 1.807) is 36.8 Å². The molecular weight excluding hydrogens is 332 g/mol. The molecule has 3 rings (SSSR count). The predicted octanol–water partition coefficient (Wildman–Crippen LogP) is 3.87. The number of benzene rings is 1. The Labute approximate surface area is 139 Å². The van der Waals surface area contributed by atoms with Crippen LogP contribution in [0.2, 0.25) is 5.02 Å². The maximum atomic E-state index is 11.8. The molecule has 2 heterocycles. The molecule has 6 heteroatoms. The summed E-state index contributed by atoms with van der Waals surface area (Å²) in [5, 5.41) is 0.368. The first kappa shape index (κ1) is 15.6. The van der Waals surface area contributed by atoms with Crippen LogP contribution in [0.5, 0.6) is 0 Å². The number of halogens is 1. The molecule has 0 aliphatic carbocycles. The average Bonchev–Trinajstić information content (AvgIpc) is 2.54. The van der Waals surface area contributed by atoms with Crippen molar-refractivity contribution in [2.45, 2.75) is 4.90 Å². The number of pyridine rings is 2. The molecule has 1 aromatic carbocycles. The van der Waals surface area contributed by atoms with Gasteiger partial charge in [0, 0.05) is 41.0 Å². The fraction of sp³-hybridized carbons (Fsp3) is 0.0588. The van der Waals surface area contributed by atoms with Crippen LogP contribution in [0.15, 0.2) is 66.0 Å². The summed E-state index contributed by atoms with van der Waals surface area (Å²) in [6, 6.07) is 12.2. The third kappa shape index (κ3) is 3.41. The van der Waals surface area contributed by atoms with Crippen molar-refractivity contribution in [3.8, 4) is 22.4 Å². The van der Waals surface area contributed by atoms with Gasteiger partial charge in [0.25, 0.3) is 0 Å². The Balaban J connectivity index is 2.23. The second-order valence-corrected chi connectivity index (χ2v) is 7.54. The summed E-state index contributed by atoms with van der Waals surface area (Å²) in [4.78, 5) is 8.62. The Bertz CT molecular complexity index is 957. The Hall–Kier alpha value is -2.24. The minimum atomic E-state index is -3.35. The smallest absolute Gasteiger partial charge is 0.175 e. The van der Waals surface area contributed by atoms with Crippen molar-refractivity contribution in [1.29, 1.82) is 0 Å². The molecule has 0 saturated carbocycles. The van der Waals surface area contributed by atoms with E-state index in [9.17, 15) is 8.42 Å². The van der Waals surface area contributed by atoms with E-state index >= 15 is 0 Å². The van der Waals surface area contributed by atoms with E-state index < -0.39 is 9.84 Å². The lowest BCUT2D eigenvalue weighted by atomic mass is 10.0. The summed E-state index contributed by atoms with van der Waals surface area (Å²) >= 11 is 6.11. The summed E-state index contributed by atoms with van der Waals surface area (Å²) in [6.07, 6.45) is 6.23.